The molecule has 1 unspecified atom stereocenters. The van der Waals surface area contributed by atoms with Gasteiger partial charge >= 0.3 is 6.18 Å². The summed E-state index contributed by atoms with van der Waals surface area (Å²) in [7, 11) is 0. The average molecular weight is 542 g/mol. The Morgan fingerprint density at radius 3 is 2.44 bits per heavy atom. The van der Waals surface area contributed by atoms with Gasteiger partial charge in [0.15, 0.2) is 11.6 Å². The molecule has 0 aliphatic rings. The van der Waals surface area contributed by atoms with E-state index in [-0.39, 0.29) is 59.5 Å². The fourth-order valence-corrected chi connectivity index (χ4v) is 4.10. The van der Waals surface area contributed by atoms with Gasteiger partial charge in [-0.2, -0.15) is 13.2 Å². The number of thiazole rings is 1. The highest BCUT2D eigenvalue weighted by molar-refractivity contribution is 7.13. The fraction of sp³-hybridized carbons (Fsp3) is 0.318. The van der Waals surface area contributed by atoms with E-state index in [1.165, 1.54) is 12.3 Å². The normalized spacial score (nSPS) is 12.3. The average Bonchev–Trinajstić information content (AvgIpc) is 3.34. The van der Waals surface area contributed by atoms with Crippen LogP contribution in [0.3, 0.4) is 0 Å². The van der Waals surface area contributed by atoms with Crippen LogP contribution in [0, 0.1) is 0 Å². The molecule has 36 heavy (non-hydrogen) atoms. The molecule has 0 fully saturated rings. The zero-order valence-electron chi connectivity index (χ0n) is 18.7. The molecule has 190 valence electrons. The van der Waals surface area contributed by atoms with E-state index >= 15 is 0 Å². The number of alkyl halides is 3. The number of nitrogens with one attached hydrogen (secondary N) is 1. The van der Waals surface area contributed by atoms with E-state index in [4.69, 9.17) is 16.7 Å². The molecule has 14 heteroatoms. The summed E-state index contributed by atoms with van der Waals surface area (Å²) in [6.45, 7) is 1.57. The SMILES string of the molecule is CC(CC(=O)c1cc(C(=O)CCCO)ncn1)c1ncc(C(=O)Nc2cc(C(F)(F)F)c(Cl)cn2)s1. The molecule has 3 heterocycles. The van der Waals surface area contributed by atoms with Gasteiger partial charge in [-0.3, -0.25) is 14.4 Å². The van der Waals surface area contributed by atoms with Crippen molar-refractivity contribution in [3.63, 3.8) is 0 Å². The van der Waals surface area contributed by atoms with Gasteiger partial charge in [-0.05, 0) is 18.6 Å². The van der Waals surface area contributed by atoms with Gasteiger partial charge in [0.2, 0.25) is 0 Å². The van der Waals surface area contributed by atoms with Crippen molar-refractivity contribution in [3.05, 3.63) is 62.7 Å². The topological polar surface area (TPSA) is 135 Å². The van der Waals surface area contributed by atoms with Crippen LogP contribution in [0.4, 0.5) is 19.0 Å². The third kappa shape index (κ3) is 6.89. The van der Waals surface area contributed by atoms with Crippen LogP contribution in [0.25, 0.3) is 0 Å². The number of Topliss-reactive ketones (excluding diaryl/α,β-unsaturated/α-hetero) is 2. The Hall–Kier alpha value is -3.29. The maximum Gasteiger partial charge on any atom is 0.418 e. The fourth-order valence-electron chi connectivity index (χ4n) is 3.02. The van der Waals surface area contributed by atoms with Crippen LogP contribution in [-0.2, 0) is 6.18 Å². The smallest absolute Gasteiger partial charge is 0.396 e. The van der Waals surface area contributed by atoms with Crippen LogP contribution in [0.1, 0.15) is 73.3 Å². The standard InChI is InChI=1S/C22H19ClF3N5O4S/c1-11(5-17(34)15-7-14(29-10-30-15)16(33)3-2-4-32)21-28-9-18(36-21)20(35)31-19-6-12(22(24,25)26)13(23)8-27-19/h6-11,32H,2-5H2,1H3,(H,27,31,35). The first kappa shape index (κ1) is 27.3. The lowest BCUT2D eigenvalue weighted by atomic mass is 10.0. The molecular formula is C22H19ClF3N5O4S. The molecule has 0 bridgehead atoms. The Morgan fingerprint density at radius 1 is 1.08 bits per heavy atom. The second kappa shape index (κ2) is 11.6. The van der Waals surface area contributed by atoms with Crippen LogP contribution in [0.5, 0.6) is 0 Å². The number of aromatic nitrogens is 4. The van der Waals surface area contributed by atoms with Crippen molar-refractivity contribution in [1.29, 1.82) is 0 Å². The number of hydrogen-bond acceptors (Lipinski definition) is 9. The first-order valence-corrected chi connectivity index (χ1v) is 11.7. The van der Waals surface area contributed by atoms with Crippen molar-refractivity contribution in [1.82, 2.24) is 19.9 Å². The second-order valence-corrected chi connectivity index (χ2v) is 9.10. The molecule has 0 aliphatic carbocycles. The molecule has 0 saturated heterocycles. The number of ketones is 2. The predicted octanol–water partition coefficient (Wildman–Crippen LogP) is 4.58. The molecule has 0 aliphatic heterocycles. The number of nitrogens with zero attached hydrogens (tertiary/aromatic N) is 4. The van der Waals surface area contributed by atoms with E-state index in [0.29, 0.717) is 11.1 Å². The summed E-state index contributed by atoms with van der Waals surface area (Å²) in [5.41, 5.74) is -1.00. The molecule has 3 aromatic rings. The van der Waals surface area contributed by atoms with Crippen molar-refractivity contribution in [2.45, 2.75) is 38.3 Å². The Morgan fingerprint density at radius 2 is 1.78 bits per heavy atom. The lowest BCUT2D eigenvalue weighted by Crippen LogP contribution is -2.13. The monoisotopic (exact) mass is 541 g/mol. The molecule has 1 amide bonds. The Balaban J connectivity index is 1.66. The van der Waals surface area contributed by atoms with Gasteiger partial charge in [-0.15, -0.1) is 11.3 Å². The summed E-state index contributed by atoms with van der Waals surface area (Å²) >= 11 is 6.51. The minimum absolute atomic E-state index is 0.0243. The zero-order valence-corrected chi connectivity index (χ0v) is 20.2. The molecule has 0 spiro atoms. The number of carbonyl (C=O) groups is 3. The molecule has 0 saturated carbocycles. The molecule has 0 radical (unpaired) electrons. The number of pyridine rings is 1. The summed E-state index contributed by atoms with van der Waals surface area (Å²) in [6.07, 6.45) is -1.21. The lowest BCUT2D eigenvalue weighted by molar-refractivity contribution is -0.137. The van der Waals surface area contributed by atoms with Gasteiger partial charge in [0.1, 0.15) is 28.4 Å². The van der Waals surface area contributed by atoms with Crippen LogP contribution in [0.2, 0.25) is 5.02 Å². The van der Waals surface area contributed by atoms with E-state index < -0.39 is 28.6 Å². The van der Waals surface area contributed by atoms with Gasteiger partial charge in [0.05, 0.1) is 21.8 Å². The van der Waals surface area contributed by atoms with Gasteiger partial charge in [-0.1, -0.05) is 18.5 Å². The summed E-state index contributed by atoms with van der Waals surface area (Å²) < 4.78 is 39.1. The Kier molecular flexibility index (Phi) is 8.82. The first-order valence-electron chi connectivity index (χ1n) is 10.5. The maximum absolute atomic E-state index is 13.0. The number of carbonyl (C=O) groups excluding carboxylic acids is 3. The van der Waals surface area contributed by atoms with Crippen LogP contribution < -0.4 is 5.32 Å². The number of anilines is 1. The number of rotatable bonds is 10. The van der Waals surface area contributed by atoms with E-state index in [2.05, 4.69) is 25.3 Å². The third-order valence-corrected chi connectivity index (χ3v) is 6.39. The van der Waals surface area contributed by atoms with Crippen molar-refractivity contribution < 1.29 is 32.7 Å². The quantitative estimate of drug-likeness (QED) is 0.356. The van der Waals surface area contributed by atoms with Gasteiger partial charge < -0.3 is 10.4 Å². The highest BCUT2D eigenvalue weighted by atomic mass is 35.5. The Labute approximate surface area is 211 Å². The van der Waals surface area contributed by atoms with Gasteiger partial charge in [-0.25, -0.2) is 19.9 Å². The number of hydrogen-bond donors (Lipinski definition) is 2. The largest absolute Gasteiger partial charge is 0.418 e. The van der Waals surface area contributed by atoms with E-state index in [1.54, 1.807) is 6.92 Å². The van der Waals surface area contributed by atoms with Crippen molar-refractivity contribution in [2.24, 2.45) is 0 Å². The van der Waals surface area contributed by atoms with Crippen molar-refractivity contribution >= 4 is 46.2 Å². The van der Waals surface area contributed by atoms with Crippen LogP contribution in [-0.4, -0.2) is 49.1 Å². The second-order valence-electron chi connectivity index (χ2n) is 7.63. The van der Waals surface area contributed by atoms with E-state index in [0.717, 1.165) is 23.9 Å². The predicted molar refractivity (Wildman–Crippen MR) is 124 cm³/mol. The summed E-state index contributed by atoms with van der Waals surface area (Å²) in [4.78, 5) is 53.0. The minimum atomic E-state index is -4.71. The zero-order chi connectivity index (χ0) is 26.5. The Bertz CT molecular complexity index is 1280. The van der Waals surface area contributed by atoms with E-state index in [9.17, 15) is 27.6 Å². The molecule has 1 atom stereocenters. The van der Waals surface area contributed by atoms with E-state index in [1.807, 2.05) is 0 Å². The minimum Gasteiger partial charge on any atom is -0.396 e. The highest BCUT2D eigenvalue weighted by Crippen LogP contribution is 2.35. The van der Waals surface area contributed by atoms with Crippen molar-refractivity contribution in [3.8, 4) is 0 Å². The molecule has 3 aromatic heterocycles. The molecule has 0 aromatic carbocycles. The molecular weight excluding hydrogens is 523 g/mol. The lowest BCUT2D eigenvalue weighted by Gasteiger charge is -2.10. The highest BCUT2D eigenvalue weighted by Gasteiger charge is 2.34. The van der Waals surface area contributed by atoms with Gasteiger partial charge in [0.25, 0.3) is 5.91 Å². The molecule has 9 nitrogen and oxygen atoms in total. The number of aliphatic hydroxyl groups excluding tert-OH is 1. The number of aliphatic hydroxyl groups is 1. The number of halogens is 4. The van der Waals surface area contributed by atoms with Crippen molar-refractivity contribution in [2.75, 3.05) is 11.9 Å². The number of amides is 1. The summed E-state index contributed by atoms with van der Waals surface area (Å²) in [5, 5.41) is 11.0. The maximum atomic E-state index is 13.0. The van der Waals surface area contributed by atoms with Crippen LogP contribution in [0.15, 0.2) is 30.9 Å². The molecule has 3 rings (SSSR count). The summed E-state index contributed by atoms with van der Waals surface area (Å²) in [5.74, 6) is -2.16. The van der Waals surface area contributed by atoms with Gasteiger partial charge in [0, 0.05) is 31.6 Å². The van der Waals surface area contributed by atoms with Crippen LogP contribution >= 0.6 is 22.9 Å². The summed E-state index contributed by atoms with van der Waals surface area (Å²) in [6, 6.07) is 1.93. The third-order valence-electron chi connectivity index (χ3n) is 4.86. The molecule has 2 N–H and O–H groups in total. The first-order chi connectivity index (χ1) is 17.0.